The zero-order valence-electron chi connectivity index (χ0n) is 12.9. The van der Waals surface area contributed by atoms with Crippen LogP contribution in [0.4, 0.5) is 13.2 Å². The predicted molar refractivity (Wildman–Crippen MR) is 79.5 cm³/mol. The maximum Gasteiger partial charge on any atom is 0.418 e. The quantitative estimate of drug-likeness (QED) is 0.921. The Bertz CT molecular complexity index is 546. The number of β-amino-alcohol motifs (C(OH)–C–C–N with tert-alkyl or cyclic N) is 1. The van der Waals surface area contributed by atoms with Gasteiger partial charge in [-0.05, 0) is 12.5 Å². The molecule has 2 atom stereocenters. The molecule has 0 spiro atoms. The van der Waals surface area contributed by atoms with Gasteiger partial charge in [0.15, 0.2) is 5.60 Å². The third kappa shape index (κ3) is 4.22. The smallest absolute Gasteiger partial charge is 0.380 e. The Labute approximate surface area is 133 Å². The van der Waals surface area contributed by atoms with Gasteiger partial charge in [0.1, 0.15) is 6.04 Å². The molecule has 0 saturated carbocycles. The van der Waals surface area contributed by atoms with Crippen molar-refractivity contribution in [3.63, 3.8) is 0 Å². The number of halogens is 3. The summed E-state index contributed by atoms with van der Waals surface area (Å²) in [7, 11) is 0. The fourth-order valence-corrected chi connectivity index (χ4v) is 2.71. The maximum absolute atomic E-state index is 12.7. The van der Waals surface area contributed by atoms with Crippen molar-refractivity contribution < 1.29 is 18.3 Å². The van der Waals surface area contributed by atoms with E-state index in [-0.39, 0.29) is 0 Å². The van der Waals surface area contributed by atoms with Gasteiger partial charge in [-0.3, -0.25) is 9.80 Å². The molecule has 1 fully saturated rings. The summed E-state index contributed by atoms with van der Waals surface area (Å²) in [5.41, 5.74) is -1.84. The topological polar surface area (TPSA) is 50.5 Å². The molecule has 2 unspecified atom stereocenters. The number of nitrogens with zero attached hydrogens (tertiary/aromatic N) is 3. The van der Waals surface area contributed by atoms with Crippen molar-refractivity contribution in [3.8, 4) is 6.07 Å². The Morgan fingerprint density at radius 1 is 1.17 bits per heavy atom. The summed E-state index contributed by atoms with van der Waals surface area (Å²) in [6, 6.07) is 11.2. The average molecular weight is 327 g/mol. The normalized spacial score (nSPS) is 21.4. The fourth-order valence-electron chi connectivity index (χ4n) is 2.71. The molecule has 2 rings (SSSR count). The summed E-state index contributed by atoms with van der Waals surface area (Å²) in [5, 5.41) is 19.0. The summed E-state index contributed by atoms with van der Waals surface area (Å²) in [6.45, 7) is 2.09. The first-order valence-corrected chi connectivity index (χ1v) is 7.45. The molecule has 1 heterocycles. The number of alkyl halides is 3. The molecule has 1 aliphatic heterocycles. The van der Waals surface area contributed by atoms with Crippen LogP contribution in [0.1, 0.15) is 18.5 Å². The van der Waals surface area contributed by atoms with Crippen molar-refractivity contribution in [1.82, 2.24) is 9.80 Å². The van der Waals surface area contributed by atoms with E-state index in [0.29, 0.717) is 26.2 Å². The third-order valence-corrected chi connectivity index (χ3v) is 4.15. The highest BCUT2D eigenvalue weighted by atomic mass is 19.4. The van der Waals surface area contributed by atoms with Crippen LogP contribution in [0, 0.1) is 11.3 Å². The van der Waals surface area contributed by atoms with E-state index in [1.807, 2.05) is 35.2 Å². The molecule has 1 aromatic rings. The lowest BCUT2D eigenvalue weighted by Gasteiger charge is -2.40. The fraction of sp³-hybridized carbons (Fsp3) is 0.562. The minimum atomic E-state index is -4.65. The summed E-state index contributed by atoms with van der Waals surface area (Å²) in [6.07, 6.45) is -4.65. The van der Waals surface area contributed by atoms with Crippen LogP contribution in [-0.2, 0) is 0 Å². The second-order valence-electron chi connectivity index (χ2n) is 6.03. The van der Waals surface area contributed by atoms with E-state index in [4.69, 9.17) is 0 Å². The van der Waals surface area contributed by atoms with Crippen LogP contribution in [0.15, 0.2) is 30.3 Å². The summed E-state index contributed by atoms with van der Waals surface area (Å²) in [5.74, 6) is 0. The number of hydrogen-bond donors (Lipinski definition) is 1. The summed E-state index contributed by atoms with van der Waals surface area (Å²) < 4.78 is 38.2. The van der Waals surface area contributed by atoms with Crippen molar-refractivity contribution in [2.24, 2.45) is 0 Å². The lowest BCUT2D eigenvalue weighted by atomic mass is 10.0. The maximum atomic E-state index is 12.7. The van der Waals surface area contributed by atoms with Gasteiger partial charge in [0, 0.05) is 32.7 Å². The molecule has 0 amide bonds. The monoisotopic (exact) mass is 327 g/mol. The second kappa shape index (κ2) is 6.87. The van der Waals surface area contributed by atoms with E-state index in [2.05, 4.69) is 6.07 Å². The highest BCUT2D eigenvalue weighted by Crippen LogP contribution is 2.31. The molecular weight excluding hydrogens is 307 g/mol. The second-order valence-corrected chi connectivity index (χ2v) is 6.03. The van der Waals surface area contributed by atoms with Gasteiger partial charge >= 0.3 is 6.18 Å². The lowest BCUT2D eigenvalue weighted by molar-refractivity contribution is -0.258. The molecule has 0 radical (unpaired) electrons. The van der Waals surface area contributed by atoms with Gasteiger partial charge in [-0.25, -0.2) is 0 Å². The van der Waals surface area contributed by atoms with Crippen LogP contribution in [0.25, 0.3) is 0 Å². The third-order valence-electron chi connectivity index (χ3n) is 4.15. The molecule has 1 aromatic carbocycles. The molecule has 4 nitrogen and oxygen atoms in total. The van der Waals surface area contributed by atoms with Gasteiger partial charge in [-0.1, -0.05) is 30.3 Å². The van der Waals surface area contributed by atoms with E-state index in [0.717, 1.165) is 12.5 Å². The first-order valence-electron chi connectivity index (χ1n) is 7.45. The number of rotatable bonds is 4. The molecule has 1 N–H and O–H groups in total. The minimum Gasteiger partial charge on any atom is -0.380 e. The van der Waals surface area contributed by atoms with Gasteiger partial charge < -0.3 is 5.11 Å². The molecular formula is C16H20F3N3O. The molecule has 0 aromatic heterocycles. The van der Waals surface area contributed by atoms with Crippen LogP contribution in [0.2, 0.25) is 0 Å². The Hall–Kier alpha value is -1.62. The number of piperazine rings is 1. The van der Waals surface area contributed by atoms with Crippen LogP contribution >= 0.6 is 0 Å². The van der Waals surface area contributed by atoms with Crippen LogP contribution in [-0.4, -0.2) is 59.4 Å². The summed E-state index contributed by atoms with van der Waals surface area (Å²) >= 11 is 0. The Kier molecular flexibility index (Phi) is 5.30. The minimum absolute atomic E-state index is 0.386. The molecule has 1 saturated heterocycles. The van der Waals surface area contributed by atoms with Gasteiger partial charge in [-0.2, -0.15) is 18.4 Å². The zero-order valence-corrected chi connectivity index (χ0v) is 12.9. The van der Waals surface area contributed by atoms with Crippen LogP contribution in [0.5, 0.6) is 0 Å². The highest BCUT2D eigenvalue weighted by molar-refractivity contribution is 5.24. The van der Waals surface area contributed by atoms with Crippen molar-refractivity contribution >= 4 is 0 Å². The average Bonchev–Trinajstić information content (AvgIpc) is 2.49. The molecule has 0 bridgehead atoms. The van der Waals surface area contributed by atoms with Crippen molar-refractivity contribution in [2.45, 2.75) is 24.7 Å². The van der Waals surface area contributed by atoms with E-state index in [1.54, 1.807) is 4.90 Å². The van der Waals surface area contributed by atoms with Crippen molar-refractivity contribution in [3.05, 3.63) is 35.9 Å². The SMILES string of the molecule is CC(O)(CN1CCN(C(C#N)c2ccccc2)CC1)C(F)(F)F. The molecule has 23 heavy (non-hydrogen) atoms. The Morgan fingerprint density at radius 2 is 1.74 bits per heavy atom. The first-order chi connectivity index (χ1) is 10.7. The van der Waals surface area contributed by atoms with Gasteiger partial charge in [0.05, 0.1) is 6.07 Å². The molecule has 1 aliphatic rings. The molecule has 7 heteroatoms. The van der Waals surface area contributed by atoms with E-state index < -0.39 is 24.4 Å². The standard InChI is InChI=1S/C16H20F3N3O/c1-15(23,16(17,18)19)12-21-7-9-22(10-8-21)14(11-20)13-5-3-2-4-6-13/h2-6,14,23H,7-10,12H2,1H3. The summed E-state index contributed by atoms with van der Waals surface area (Å²) in [4.78, 5) is 3.54. The molecule has 126 valence electrons. The number of aliphatic hydroxyl groups is 1. The highest BCUT2D eigenvalue weighted by Gasteiger charge is 2.50. The van der Waals surface area contributed by atoms with Gasteiger partial charge in [0.25, 0.3) is 0 Å². The van der Waals surface area contributed by atoms with Gasteiger partial charge in [0.2, 0.25) is 0 Å². The van der Waals surface area contributed by atoms with E-state index in [9.17, 15) is 23.5 Å². The lowest BCUT2D eigenvalue weighted by Crippen LogP contribution is -2.56. The largest absolute Gasteiger partial charge is 0.418 e. The number of benzene rings is 1. The zero-order chi connectivity index (χ0) is 17.1. The van der Waals surface area contributed by atoms with Crippen LogP contribution in [0.3, 0.4) is 0 Å². The number of hydrogen-bond acceptors (Lipinski definition) is 4. The molecule has 0 aliphatic carbocycles. The Balaban J connectivity index is 1.95. The van der Waals surface area contributed by atoms with E-state index in [1.165, 1.54) is 0 Å². The van der Waals surface area contributed by atoms with Crippen LogP contribution < -0.4 is 0 Å². The van der Waals surface area contributed by atoms with Crippen molar-refractivity contribution in [2.75, 3.05) is 32.7 Å². The van der Waals surface area contributed by atoms with E-state index >= 15 is 0 Å². The van der Waals surface area contributed by atoms with Gasteiger partial charge in [-0.15, -0.1) is 0 Å². The Morgan fingerprint density at radius 3 is 2.22 bits per heavy atom. The predicted octanol–water partition coefficient (Wildman–Crippen LogP) is 2.18. The number of nitriles is 1. The first kappa shape index (κ1) is 17.7. The van der Waals surface area contributed by atoms with Crippen molar-refractivity contribution in [1.29, 1.82) is 5.26 Å².